The fraction of sp³-hybridized carbons (Fsp3) is 0.550. The number of hydrogen-bond acceptors (Lipinski definition) is 3. The van der Waals surface area contributed by atoms with Crippen LogP contribution in [0.5, 0.6) is 0 Å². The predicted molar refractivity (Wildman–Crippen MR) is 97.3 cm³/mol. The Morgan fingerprint density at radius 1 is 1.00 bits per heavy atom. The van der Waals surface area contributed by atoms with E-state index < -0.39 is 0 Å². The summed E-state index contributed by atoms with van der Waals surface area (Å²) in [7, 11) is 0. The van der Waals surface area contributed by atoms with E-state index in [1.54, 1.807) is 0 Å². The molecule has 5 heteroatoms. The average Bonchev–Trinajstić information content (AvgIpc) is 2.68. The molecule has 2 atom stereocenters. The van der Waals surface area contributed by atoms with Crippen molar-refractivity contribution in [2.45, 2.75) is 57.4 Å². The Morgan fingerprint density at radius 3 is 2.60 bits per heavy atom. The van der Waals surface area contributed by atoms with Crippen molar-refractivity contribution in [2.75, 3.05) is 11.6 Å². The summed E-state index contributed by atoms with van der Waals surface area (Å²) < 4.78 is 0. The summed E-state index contributed by atoms with van der Waals surface area (Å²) in [5.41, 5.74) is 1.27. The number of amides is 2. The lowest BCUT2D eigenvalue weighted by Crippen LogP contribution is -2.52. The van der Waals surface area contributed by atoms with Crippen molar-refractivity contribution in [3.63, 3.8) is 0 Å². The summed E-state index contributed by atoms with van der Waals surface area (Å²) >= 11 is 0. The highest BCUT2D eigenvalue weighted by Gasteiger charge is 2.38. The molecule has 2 aliphatic heterocycles. The number of carbonyl (C=O) groups is 2. The molecule has 0 radical (unpaired) electrons. The van der Waals surface area contributed by atoms with Crippen molar-refractivity contribution >= 4 is 23.2 Å². The van der Waals surface area contributed by atoms with Gasteiger partial charge in [0.15, 0.2) is 0 Å². The number of likely N-dealkylation sites (tertiary alicyclic amines) is 1. The molecule has 25 heavy (non-hydrogen) atoms. The number of nitrogens with zero attached hydrogens (tertiary/aromatic N) is 3. The maximum absolute atomic E-state index is 13.1. The van der Waals surface area contributed by atoms with Crippen molar-refractivity contribution in [2.24, 2.45) is 11.0 Å². The molecule has 2 fully saturated rings. The Kier molecular flexibility index (Phi) is 4.55. The molecule has 2 heterocycles. The van der Waals surface area contributed by atoms with E-state index in [0.29, 0.717) is 30.5 Å². The second-order valence-corrected chi connectivity index (χ2v) is 7.34. The van der Waals surface area contributed by atoms with Crippen LogP contribution in [0.1, 0.15) is 51.4 Å². The molecular weight excluding hydrogens is 314 g/mol. The zero-order valence-electron chi connectivity index (χ0n) is 14.6. The van der Waals surface area contributed by atoms with Gasteiger partial charge in [0.25, 0.3) is 5.91 Å². The monoisotopic (exact) mass is 339 g/mol. The number of carbonyl (C=O) groups excluding carboxylic acids is 2. The standard InChI is InChI=1S/C20H25N3O2/c24-19-13-12-17(21-23(19)16-9-2-1-3-10-16)20(25)22-14-6-8-15-7-4-5-11-18(15)22/h1-3,9-10,15,18H,4-8,11-14H2. The maximum atomic E-state index is 13.1. The number of para-hydroxylation sites is 1. The van der Waals surface area contributed by atoms with Crippen molar-refractivity contribution in [1.82, 2.24) is 4.90 Å². The van der Waals surface area contributed by atoms with Crippen molar-refractivity contribution in [3.8, 4) is 0 Å². The van der Waals surface area contributed by atoms with Gasteiger partial charge < -0.3 is 4.90 Å². The van der Waals surface area contributed by atoms with Gasteiger partial charge in [0.1, 0.15) is 5.71 Å². The van der Waals surface area contributed by atoms with Gasteiger partial charge in [-0.25, -0.2) is 5.01 Å². The van der Waals surface area contributed by atoms with Crippen LogP contribution >= 0.6 is 0 Å². The van der Waals surface area contributed by atoms with Gasteiger partial charge in [-0.3, -0.25) is 9.59 Å². The van der Waals surface area contributed by atoms with Crippen LogP contribution in [0.25, 0.3) is 0 Å². The largest absolute Gasteiger partial charge is 0.334 e. The molecule has 2 amide bonds. The molecule has 1 saturated carbocycles. The van der Waals surface area contributed by atoms with Crippen LogP contribution in [0.15, 0.2) is 35.4 Å². The van der Waals surface area contributed by atoms with Gasteiger partial charge in [-0.05, 0) is 43.7 Å². The van der Waals surface area contributed by atoms with Gasteiger partial charge in [-0.15, -0.1) is 0 Å². The first-order valence-corrected chi connectivity index (χ1v) is 9.50. The zero-order chi connectivity index (χ0) is 17.2. The number of benzene rings is 1. The molecule has 3 aliphatic rings. The normalized spacial score (nSPS) is 26.9. The van der Waals surface area contributed by atoms with Crippen molar-refractivity contribution < 1.29 is 9.59 Å². The minimum Gasteiger partial charge on any atom is -0.334 e. The summed E-state index contributed by atoms with van der Waals surface area (Å²) in [5, 5.41) is 5.86. The highest BCUT2D eigenvalue weighted by atomic mass is 16.2. The van der Waals surface area contributed by atoms with Crippen LogP contribution in [0.4, 0.5) is 5.69 Å². The molecule has 1 aliphatic carbocycles. The Hall–Kier alpha value is -2.17. The second kappa shape index (κ2) is 6.98. The lowest BCUT2D eigenvalue weighted by Gasteiger charge is -2.44. The van der Waals surface area contributed by atoms with Gasteiger partial charge >= 0.3 is 0 Å². The van der Waals surface area contributed by atoms with E-state index in [0.717, 1.165) is 25.1 Å². The molecular formula is C20H25N3O2. The van der Waals surface area contributed by atoms with Gasteiger partial charge in [0, 0.05) is 25.4 Å². The molecule has 132 valence electrons. The van der Waals surface area contributed by atoms with E-state index in [9.17, 15) is 9.59 Å². The quantitative estimate of drug-likeness (QED) is 0.830. The van der Waals surface area contributed by atoms with Crippen LogP contribution in [0.3, 0.4) is 0 Å². The summed E-state index contributed by atoms with van der Waals surface area (Å²) in [6.07, 6.45) is 8.00. The summed E-state index contributed by atoms with van der Waals surface area (Å²) in [4.78, 5) is 27.5. The highest BCUT2D eigenvalue weighted by Crippen LogP contribution is 2.35. The van der Waals surface area contributed by atoms with Crippen LogP contribution in [0.2, 0.25) is 0 Å². The average molecular weight is 339 g/mol. The SMILES string of the molecule is O=C1CCC(C(=O)N2CCCC3CCCCC32)=NN1c1ccccc1. The van der Waals surface area contributed by atoms with Crippen LogP contribution in [0, 0.1) is 5.92 Å². The van der Waals surface area contributed by atoms with Gasteiger partial charge in [-0.1, -0.05) is 31.0 Å². The molecule has 0 spiro atoms. The second-order valence-electron chi connectivity index (χ2n) is 7.34. The first-order valence-electron chi connectivity index (χ1n) is 9.50. The Labute approximate surface area is 148 Å². The minimum atomic E-state index is -0.0445. The van der Waals surface area contributed by atoms with Gasteiger partial charge in [-0.2, -0.15) is 5.10 Å². The van der Waals surface area contributed by atoms with Crippen LogP contribution in [-0.4, -0.2) is 35.0 Å². The first-order chi connectivity index (χ1) is 12.2. The molecule has 1 saturated heterocycles. The maximum Gasteiger partial charge on any atom is 0.270 e. The smallest absolute Gasteiger partial charge is 0.270 e. The van der Waals surface area contributed by atoms with E-state index in [4.69, 9.17) is 0 Å². The Balaban J connectivity index is 1.57. The molecule has 2 unspecified atom stereocenters. The van der Waals surface area contributed by atoms with Crippen LogP contribution in [-0.2, 0) is 9.59 Å². The highest BCUT2D eigenvalue weighted by molar-refractivity contribution is 6.40. The van der Waals surface area contributed by atoms with Gasteiger partial charge in [0.2, 0.25) is 5.91 Å². The molecule has 1 aromatic carbocycles. The summed E-state index contributed by atoms with van der Waals surface area (Å²) in [6, 6.07) is 9.75. The number of hydrazone groups is 1. The number of piperidine rings is 1. The lowest BCUT2D eigenvalue weighted by atomic mass is 9.78. The molecule has 0 bridgehead atoms. The van der Waals surface area contributed by atoms with Crippen LogP contribution < -0.4 is 5.01 Å². The van der Waals surface area contributed by atoms with E-state index in [1.807, 2.05) is 30.3 Å². The third-order valence-electron chi connectivity index (χ3n) is 5.78. The predicted octanol–water partition coefficient (Wildman–Crippen LogP) is 3.35. The number of anilines is 1. The van der Waals surface area contributed by atoms with E-state index in [2.05, 4.69) is 10.0 Å². The Morgan fingerprint density at radius 2 is 1.76 bits per heavy atom. The van der Waals surface area contributed by atoms with Gasteiger partial charge in [0.05, 0.1) is 5.69 Å². The molecule has 0 N–H and O–H groups in total. The van der Waals surface area contributed by atoms with E-state index >= 15 is 0 Å². The van der Waals surface area contributed by atoms with E-state index in [-0.39, 0.29) is 11.8 Å². The molecule has 5 nitrogen and oxygen atoms in total. The summed E-state index contributed by atoms with van der Waals surface area (Å²) in [5.74, 6) is 0.657. The molecule has 1 aromatic rings. The number of fused-ring (bicyclic) bond motifs is 1. The molecule has 0 aromatic heterocycles. The third-order valence-corrected chi connectivity index (χ3v) is 5.78. The van der Waals surface area contributed by atoms with Crippen molar-refractivity contribution in [3.05, 3.63) is 30.3 Å². The number of rotatable bonds is 2. The third kappa shape index (κ3) is 3.20. The zero-order valence-corrected chi connectivity index (χ0v) is 14.6. The fourth-order valence-corrected chi connectivity index (χ4v) is 4.52. The topological polar surface area (TPSA) is 53.0 Å². The Bertz CT molecular complexity index is 683. The molecule has 4 rings (SSSR count). The van der Waals surface area contributed by atoms with E-state index in [1.165, 1.54) is 30.7 Å². The minimum absolute atomic E-state index is 0.0445. The number of hydrogen-bond donors (Lipinski definition) is 0. The fourth-order valence-electron chi connectivity index (χ4n) is 4.52. The lowest BCUT2D eigenvalue weighted by molar-refractivity contribution is -0.130. The first kappa shape index (κ1) is 16.3. The summed E-state index contributed by atoms with van der Waals surface area (Å²) in [6.45, 7) is 0.832. The van der Waals surface area contributed by atoms with Crippen molar-refractivity contribution in [1.29, 1.82) is 0 Å².